The Hall–Kier alpha value is -1.71. The van der Waals surface area contributed by atoms with Crippen molar-refractivity contribution >= 4 is 11.6 Å². The van der Waals surface area contributed by atoms with Crippen molar-refractivity contribution < 1.29 is 33.2 Å². The summed E-state index contributed by atoms with van der Waals surface area (Å²) in [5.74, 6) is -0.974. The molecule has 1 aromatic carbocycles. The van der Waals surface area contributed by atoms with Crippen LogP contribution in [0.3, 0.4) is 0 Å². The van der Waals surface area contributed by atoms with Crippen molar-refractivity contribution in [1.82, 2.24) is 0 Å². The Morgan fingerprint density at radius 2 is 1.50 bits per heavy atom. The van der Waals surface area contributed by atoms with Crippen LogP contribution in [0.5, 0.6) is 5.75 Å². The van der Waals surface area contributed by atoms with E-state index in [1.807, 2.05) is 31.2 Å². The quantitative estimate of drug-likeness (QED) is 0.699. The number of carbonyl (C=O) groups excluding carboxylic acids is 1. The molecule has 5 atom stereocenters. The Bertz CT molecular complexity index is 895. The van der Waals surface area contributed by atoms with E-state index in [0.717, 1.165) is 51.4 Å². The highest BCUT2D eigenvalue weighted by molar-refractivity contribution is 5.96. The van der Waals surface area contributed by atoms with Gasteiger partial charge in [0.05, 0.1) is 12.3 Å². The maximum atomic E-state index is 13.6. The van der Waals surface area contributed by atoms with E-state index in [0.29, 0.717) is 18.0 Å². The van der Waals surface area contributed by atoms with Gasteiger partial charge in [-0.3, -0.25) is 4.79 Å². The number of ether oxygens (including phenoxy) is 6. The molecular weight excluding hydrogens is 438 g/mol. The van der Waals surface area contributed by atoms with Gasteiger partial charge in [0.25, 0.3) is 5.91 Å². The van der Waals surface area contributed by atoms with Gasteiger partial charge >= 0.3 is 0 Å². The third kappa shape index (κ3) is 4.03. The van der Waals surface area contributed by atoms with Crippen molar-refractivity contribution in [2.75, 3.05) is 11.9 Å². The highest BCUT2D eigenvalue weighted by atomic mass is 16.9. The van der Waals surface area contributed by atoms with Crippen LogP contribution in [0, 0.1) is 0 Å². The topological polar surface area (TPSA) is 84.5 Å². The number of hydrogen-bond acceptors (Lipinski definition) is 7. The van der Waals surface area contributed by atoms with Crippen LogP contribution in [0.4, 0.5) is 5.69 Å². The summed E-state index contributed by atoms with van der Waals surface area (Å²) >= 11 is 0. The smallest absolute Gasteiger partial charge is 0.256 e. The Kier molecular flexibility index (Phi) is 6.06. The van der Waals surface area contributed by atoms with Crippen LogP contribution >= 0.6 is 0 Å². The molecule has 0 aromatic heterocycles. The molecule has 2 spiro atoms. The summed E-state index contributed by atoms with van der Waals surface area (Å²) < 4.78 is 38.1. The second-order valence-electron chi connectivity index (χ2n) is 10.2. The standard InChI is InChI=1S/C26H35NO7/c1-2-29-18-12-6-5-11-17(18)27-23(28)21-19-20(32-25(31-19)13-7-3-8-14-25)22-24(30-21)34-26(33-22)15-9-4-10-16-26/h5-6,11-12,19-22,24H,2-4,7-10,13-16H2,1H3,(H,27,28). The predicted octanol–water partition coefficient (Wildman–Crippen LogP) is 4.27. The van der Waals surface area contributed by atoms with Crippen LogP contribution in [0.25, 0.3) is 0 Å². The molecule has 5 aliphatic rings. The number of nitrogens with one attached hydrogen (secondary N) is 1. The number of carbonyl (C=O) groups is 1. The normalized spacial score (nSPS) is 35.6. The number of fused-ring (bicyclic) bond motifs is 3. The van der Waals surface area contributed by atoms with Gasteiger partial charge in [0.2, 0.25) is 0 Å². The summed E-state index contributed by atoms with van der Waals surface area (Å²) in [5, 5.41) is 3.00. The lowest BCUT2D eigenvalue weighted by Crippen LogP contribution is -2.58. The first-order valence-corrected chi connectivity index (χ1v) is 13.0. The Balaban J connectivity index is 1.27. The second-order valence-corrected chi connectivity index (χ2v) is 10.2. The van der Waals surface area contributed by atoms with Crippen molar-refractivity contribution in [3.8, 4) is 5.75 Å². The lowest BCUT2D eigenvalue weighted by atomic mass is 9.94. The van der Waals surface area contributed by atoms with E-state index in [-0.39, 0.29) is 5.91 Å². The number of benzene rings is 1. The maximum Gasteiger partial charge on any atom is 0.256 e. The zero-order valence-electron chi connectivity index (χ0n) is 19.8. The Labute approximate surface area is 200 Å². The molecule has 3 aliphatic heterocycles. The third-order valence-corrected chi connectivity index (χ3v) is 7.81. The van der Waals surface area contributed by atoms with Crippen molar-refractivity contribution in [2.45, 2.75) is 113 Å². The molecule has 8 heteroatoms. The fraction of sp³-hybridized carbons (Fsp3) is 0.731. The highest BCUT2D eigenvalue weighted by Crippen LogP contribution is 2.51. The molecule has 34 heavy (non-hydrogen) atoms. The number of amides is 1. The Morgan fingerprint density at radius 1 is 0.882 bits per heavy atom. The first-order chi connectivity index (χ1) is 16.6. The minimum atomic E-state index is -0.871. The highest BCUT2D eigenvalue weighted by Gasteiger charge is 2.65. The molecule has 1 amide bonds. The minimum Gasteiger partial charge on any atom is -0.492 e. The first-order valence-electron chi connectivity index (χ1n) is 13.0. The van der Waals surface area contributed by atoms with Gasteiger partial charge in [-0.2, -0.15) is 0 Å². The fourth-order valence-corrected chi connectivity index (χ4v) is 6.22. The molecular formula is C26H35NO7. The molecule has 1 N–H and O–H groups in total. The average Bonchev–Trinajstić information content (AvgIpc) is 3.38. The van der Waals surface area contributed by atoms with Gasteiger partial charge in [-0.05, 0) is 44.7 Å². The van der Waals surface area contributed by atoms with E-state index in [2.05, 4.69) is 5.32 Å². The van der Waals surface area contributed by atoms with E-state index in [9.17, 15) is 4.79 Å². The monoisotopic (exact) mass is 473 g/mol. The van der Waals surface area contributed by atoms with Gasteiger partial charge in [0, 0.05) is 25.7 Å². The average molecular weight is 474 g/mol. The van der Waals surface area contributed by atoms with Crippen LogP contribution < -0.4 is 10.1 Å². The van der Waals surface area contributed by atoms with Crippen LogP contribution in [-0.4, -0.2) is 54.8 Å². The van der Waals surface area contributed by atoms with E-state index in [4.69, 9.17) is 28.4 Å². The zero-order chi connectivity index (χ0) is 23.2. The zero-order valence-corrected chi connectivity index (χ0v) is 19.8. The number of rotatable bonds is 4. The molecule has 186 valence electrons. The maximum absolute atomic E-state index is 13.6. The van der Waals surface area contributed by atoms with Crippen LogP contribution in [-0.2, 0) is 28.5 Å². The molecule has 3 saturated heterocycles. The molecule has 8 nitrogen and oxygen atoms in total. The molecule has 6 rings (SSSR count). The summed E-state index contributed by atoms with van der Waals surface area (Å²) in [5.41, 5.74) is 0.607. The summed E-state index contributed by atoms with van der Waals surface area (Å²) in [7, 11) is 0. The van der Waals surface area contributed by atoms with Crippen molar-refractivity contribution in [3.05, 3.63) is 24.3 Å². The molecule has 5 unspecified atom stereocenters. The van der Waals surface area contributed by atoms with E-state index >= 15 is 0 Å². The van der Waals surface area contributed by atoms with Crippen molar-refractivity contribution in [1.29, 1.82) is 0 Å². The van der Waals surface area contributed by atoms with E-state index in [1.54, 1.807) is 0 Å². The molecule has 0 bridgehead atoms. The lowest BCUT2D eigenvalue weighted by Gasteiger charge is -2.36. The van der Waals surface area contributed by atoms with Gasteiger partial charge in [-0.25, -0.2) is 0 Å². The summed E-state index contributed by atoms with van der Waals surface area (Å²) in [6, 6.07) is 7.41. The molecule has 0 radical (unpaired) electrons. The predicted molar refractivity (Wildman–Crippen MR) is 122 cm³/mol. The summed E-state index contributed by atoms with van der Waals surface area (Å²) in [6.45, 7) is 2.42. The summed E-state index contributed by atoms with van der Waals surface area (Å²) in [4.78, 5) is 13.6. The molecule has 2 saturated carbocycles. The molecule has 2 aliphatic carbocycles. The molecule has 5 fully saturated rings. The Morgan fingerprint density at radius 3 is 2.21 bits per heavy atom. The van der Waals surface area contributed by atoms with Crippen molar-refractivity contribution in [3.63, 3.8) is 0 Å². The molecule has 1 aromatic rings. The van der Waals surface area contributed by atoms with Crippen molar-refractivity contribution in [2.24, 2.45) is 0 Å². The van der Waals surface area contributed by atoms with Gasteiger partial charge in [0.1, 0.15) is 24.1 Å². The van der Waals surface area contributed by atoms with Crippen LogP contribution in [0.2, 0.25) is 0 Å². The number of anilines is 1. The van der Waals surface area contributed by atoms with Gasteiger partial charge in [0.15, 0.2) is 24.0 Å². The van der Waals surface area contributed by atoms with Gasteiger partial charge < -0.3 is 33.7 Å². The number of hydrogen-bond donors (Lipinski definition) is 1. The van der Waals surface area contributed by atoms with Crippen LogP contribution in [0.1, 0.15) is 71.1 Å². The third-order valence-electron chi connectivity index (χ3n) is 7.81. The SMILES string of the molecule is CCOc1ccccc1NC(=O)C1OC2OC3(CCCCC3)OC2C2OC3(CCCCC3)OC12. The van der Waals surface area contributed by atoms with Gasteiger partial charge in [-0.15, -0.1) is 0 Å². The van der Waals surface area contributed by atoms with E-state index < -0.39 is 42.3 Å². The lowest BCUT2D eigenvalue weighted by molar-refractivity contribution is -0.246. The largest absolute Gasteiger partial charge is 0.492 e. The minimum absolute atomic E-state index is 0.287. The fourth-order valence-electron chi connectivity index (χ4n) is 6.22. The first kappa shape index (κ1) is 22.7. The second kappa shape index (κ2) is 9.06. The molecule has 3 heterocycles. The van der Waals surface area contributed by atoms with E-state index in [1.165, 1.54) is 12.8 Å². The summed E-state index contributed by atoms with van der Waals surface area (Å²) in [6.07, 6.45) is 7.02. The number of para-hydroxylation sites is 2. The van der Waals surface area contributed by atoms with Crippen LogP contribution in [0.15, 0.2) is 24.3 Å². The van der Waals surface area contributed by atoms with Gasteiger partial charge in [-0.1, -0.05) is 25.0 Å².